The standard InChI is InChI=1S/C51H78N6O26S/c1-15-23(2)38(47(70)72-14)57-46(69)32(56-37(67)20-53-35(65)18-52-36(66)19-54-45(68)24(3)55-50(71)83-51(11,12)13)16-17-84-49-44(79-31(10)64)42(77-29(8)62)40(34(81-49)22-74-26(5)59)82-48-43(78-30(9)63)41(76-28(7)61)39(75-27(6)60)33(80-48)21-73-25(4)58/h23-24,32-34,38-44,48-49H,15-22H2,1-14H3,(H,52,66)(H,53,65)(H,54,68)(H,55,71)(H,56,67)(H,57,69)/t23-,24-,32-,33+,34+,38-,39-,40+,41-,42-,43+,44+,48-,49-/m0/s1. The second kappa shape index (κ2) is 35.0. The van der Waals surface area contributed by atoms with Crippen LogP contribution in [0.5, 0.6) is 0 Å². The van der Waals surface area contributed by atoms with Gasteiger partial charge in [0.25, 0.3) is 0 Å². The molecule has 33 heteroatoms. The molecule has 0 bridgehead atoms. The number of esters is 8. The van der Waals surface area contributed by atoms with E-state index in [4.69, 9.17) is 56.8 Å². The van der Waals surface area contributed by atoms with Gasteiger partial charge in [0.1, 0.15) is 60.7 Å². The summed E-state index contributed by atoms with van der Waals surface area (Å²) in [6.07, 6.45) is -16.2. The minimum absolute atomic E-state index is 0.212. The van der Waals surface area contributed by atoms with Crippen LogP contribution in [0, 0.1) is 5.92 Å². The van der Waals surface area contributed by atoms with Crippen molar-refractivity contribution in [2.75, 3.05) is 45.7 Å². The highest BCUT2D eigenvalue weighted by molar-refractivity contribution is 7.99. The molecule has 32 nitrogen and oxygen atoms in total. The predicted octanol–water partition coefficient (Wildman–Crippen LogP) is -1.82. The summed E-state index contributed by atoms with van der Waals surface area (Å²) in [6.45, 7) is 13.3. The molecule has 2 heterocycles. The highest BCUT2D eigenvalue weighted by atomic mass is 32.2. The second-order valence-electron chi connectivity index (χ2n) is 20.0. The summed E-state index contributed by atoms with van der Waals surface area (Å²) in [5, 5.41) is 14.2. The van der Waals surface area contributed by atoms with Gasteiger partial charge in [-0.15, -0.1) is 11.8 Å². The second-order valence-corrected chi connectivity index (χ2v) is 21.2. The molecule has 2 rings (SSSR count). The molecule has 0 aromatic rings. The van der Waals surface area contributed by atoms with Gasteiger partial charge in [0.05, 0.1) is 26.7 Å². The summed E-state index contributed by atoms with van der Waals surface area (Å²) >= 11 is 0.824. The molecule has 0 aliphatic carbocycles. The van der Waals surface area contributed by atoms with Crippen LogP contribution in [0.25, 0.3) is 0 Å². The van der Waals surface area contributed by atoms with Crippen molar-refractivity contribution in [1.82, 2.24) is 31.9 Å². The van der Waals surface area contributed by atoms with E-state index in [9.17, 15) is 67.1 Å². The van der Waals surface area contributed by atoms with Crippen molar-refractivity contribution in [1.29, 1.82) is 0 Å². The Hall–Kier alpha value is -7.39. The Morgan fingerprint density at radius 1 is 0.536 bits per heavy atom. The largest absolute Gasteiger partial charge is 0.467 e. The van der Waals surface area contributed by atoms with Crippen LogP contribution >= 0.6 is 11.8 Å². The summed E-state index contributed by atoms with van der Waals surface area (Å²) in [5.74, 6) is -12.3. The smallest absolute Gasteiger partial charge is 0.408 e. The topological polar surface area (TPSA) is 422 Å². The van der Waals surface area contributed by atoms with Crippen LogP contribution in [-0.4, -0.2) is 213 Å². The average Bonchev–Trinajstić information content (AvgIpc) is 2.53. The number of carbonyl (C=O) groups excluding carboxylic acids is 14. The van der Waals surface area contributed by atoms with Gasteiger partial charge in [-0.25, -0.2) is 9.59 Å². The van der Waals surface area contributed by atoms with E-state index in [0.717, 1.165) is 67.3 Å². The molecule has 2 aliphatic rings. The minimum atomic E-state index is -1.94. The summed E-state index contributed by atoms with van der Waals surface area (Å²) in [7, 11) is 1.11. The molecule has 0 radical (unpaired) electrons. The van der Waals surface area contributed by atoms with E-state index in [-0.39, 0.29) is 12.2 Å². The molecule has 6 amide bonds. The van der Waals surface area contributed by atoms with Crippen molar-refractivity contribution in [3.8, 4) is 0 Å². The fraction of sp³-hybridized carbons (Fsp3) is 0.725. The zero-order chi connectivity index (χ0) is 63.8. The fourth-order valence-electron chi connectivity index (χ4n) is 7.83. The van der Waals surface area contributed by atoms with Crippen molar-refractivity contribution in [3.05, 3.63) is 0 Å². The third-order valence-electron chi connectivity index (χ3n) is 11.6. The van der Waals surface area contributed by atoms with E-state index in [0.29, 0.717) is 6.42 Å². The van der Waals surface area contributed by atoms with Gasteiger partial charge in [0, 0.05) is 48.5 Å². The summed E-state index contributed by atoms with van der Waals surface area (Å²) < 4.78 is 67.4. The summed E-state index contributed by atoms with van der Waals surface area (Å²) in [4.78, 5) is 178. The van der Waals surface area contributed by atoms with Gasteiger partial charge >= 0.3 is 53.8 Å². The molecule has 0 spiro atoms. The maximum Gasteiger partial charge on any atom is 0.408 e. The molecule has 2 saturated heterocycles. The Morgan fingerprint density at radius 3 is 1.49 bits per heavy atom. The van der Waals surface area contributed by atoms with Crippen molar-refractivity contribution in [2.45, 2.75) is 187 Å². The predicted molar refractivity (Wildman–Crippen MR) is 283 cm³/mol. The molecule has 14 atom stereocenters. The van der Waals surface area contributed by atoms with E-state index < -0.39 is 206 Å². The van der Waals surface area contributed by atoms with E-state index in [1.165, 1.54) is 6.92 Å². The van der Waals surface area contributed by atoms with E-state index in [1.807, 2.05) is 0 Å². The number of alkyl carbamates (subject to hydrolysis) is 1. The van der Waals surface area contributed by atoms with Gasteiger partial charge in [-0.1, -0.05) is 20.3 Å². The number of rotatable bonds is 29. The maximum absolute atomic E-state index is 14.1. The van der Waals surface area contributed by atoms with Crippen molar-refractivity contribution in [3.63, 3.8) is 0 Å². The molecule has 2 aliphatic heterocycles. The van der Waals surface area contributed by atoms with Crippen LogP contribution < -0.4 is 31.9 Å². The quantitative estimate of drug-likeness (QED) is 0.0355. The van der Waals surface area contributed by atoms with Crippen LogP contribution in [0.3, 0.4) is 0 Å². The first-order valence-corrected chi connectivity index (χ1v) is 27.4. The number of thioether (sulfide) groups is 1. The Bertz CT molecular complexity index is 2370. The number of ether oxygens (including phenoxy) is 12. The van der Waals surface area contributed by atoms with Crippen molar-refractivity contribution in [2.24, 2.45) is 5.92 Å². The molecular weight excluding hydrogens is 1140 g/mol. The van der Waals surface area contributed by atoms with Gasteiger partial charge in [0.15, 0.2) is 36.8 Å². The van der Waals surface area contributed by atoms with Gasteiger partial charge < -0.3 is 88.7 Å². The van der Waals surface area contributed by atoms with Crippen molar-refractivity contribution >= 4 is 95.1 Å². The van der Waals surface area contributed by atoms with Crippen LogP contribution in [-0.2, 0) is 119 Å². The first-order valence-electron chi connectivity index (χ1n) is 26.3. The van der Waals surface area contributed by atoms with E-state index in [2.05, 4.69) is 31.9 Å². The number of hydrogen-bond donors (Lipinski definition) is 6. The van der Waals surface area contributed by atoms with E-state index >= 15 is 0 Å². The van der Waals surface area contributed by atoms with Gasteiger partial charge in [-0.05, 0) is 45.8 Å². The SMILES string of the molecule is CC[C@H](C)[C@H](NC(=O)[C@H](CCS[C@@H]1O[C@H](COC(C)=O)[C@@H](O[C@@H]2O[C@H](COC(C)=O)[C@H](OC(C)=O)[C@H](OC(C)=O)[C@H]2OC(C)=O)[C@H](OC(C)=O)[C@H]1OC(C)=O)NC(=O)CNC(=O)CNC(=O)CNC(=O)[C@H](C)NC(=O)OC(C)(C)C)C(=O)OC. The number of methoxy groups -OCH3 is 1. The lowest BCUT2D eigenvalue weighted by Crippen LogP contribution is -2.66. The van der Waals surface area contributed by atoms with E-state index in [1.54, 1.807) is 34.6 Å². The van der Waals surface area contributed by atoms with Gasteiger partial charge in [0.2, 0.25) is 29.5 Å². The first kappa shape index (κ1) is 72.7. The average molecular weight is 1220 g/mol. The zero-order valence-electron chi connectivity index (χ0n) is 49.3. The Morgan fingerprint density at radius 2 is 1.00 bits per heavy atom. The highest BCUT2D eigenvalue weighted by Gasteiger charge is 2.57. The third kappa shape index (κ3) is 26.0. The molecule has 0 saturated carbocycles. The van der Waals surface area contributed by atoms with Crippen LogP contribution in [0.2, 0.25) is 0 Å². The molecule has 6 N–H and O–H groups in total. The number of nitrogens with one attached hydrogen (secondary N) is 6. The fourth-order valence-corrected chi connectivity index (χ4v) is 9.05. The molecule has 0 unspecified atom stereocenters. The Labute approximate surface area is 488 Å². The van der Waals surface area contributed by atoms with Crippen molar-refractivity contribution < 1.29 is 124 Å². The molecule has 84 heavy (non-hydrogen) atoms. The van der Waals surface area contributed by atoms with Gasteiger partial charge in [-0.3, -0.25) is 57.5 Å². The normalized spacial score (nSPS) is 23.3. The number of carbonyl (C=O) groups is 14. The summed E-state index contributed by atoms with van der Waals surface area (Å²) in [5.41, 5.74) is -2.27. The minimum Gasteiger partial charge on any atom is -0.467 e. The van der Waals surface area contributed by atoms with Crippen LogP contribution in [0.15, 0.2) is 0 Å². The zero-order valence-corrected chi connectivity index (χ0v) is 50.1. The molecule has 0 aromatic heterocycles. The van der Waals surface area contributed by atoms with Gasteiger partial charge in [-0.2, -0.15) is 0 Å². The lowest BCUT2D eigenvalue weighted by molar-refractivity contribution is -0.341. The monoisotopic (exact) mass is 1220 g/mol. The lowest BCUT2D eigenvalue weighted by atomic mass is 9.96. The number of amides is 6. The van der Waals surface area contributed by atoms with Crippen LogP contribution in [0.4, 0.5) is 4.79 Å². The molecular formula is C51H78N6O26S. The third-order valence-corrected chi connectivity index (χ3v) is 12.8. The Balaban J connectivity index is 2.51. The summed E-state index contributed by atoms with van der Waals surface area (Å²) in [6, 6.07) is -3.82. The molecule has 2 fully saturated rings. The molecule has 0 aromatic carbocycles. The lowest BCUT2D eigenvalue weighted by Gasteiger charge is -2.48. The number of hydrogen-bond acceptors (Lipinski definition) is 27. The highest BCUT2D eigenvalue weighted by Crippen LogP contribution is 2.38. The maximum atomic E-state index is 14.1. The Kier molecular flexibility index (Phi) is 30.3. The molecule has 474 valence electrons. The first-order chi connectivity index (χ1) is 39.2. The van der Waals surface area contributed by atoms with Crippen LogP contribution in [0.1, 0.15) is 103 Å².